The number of carbonyl (C=O) groups is 2. The van der Waals surface area contributed by atoms with Crippen molar-refractivity contribution in [2.45, 2.75) is 38.7 Å². The van der Waals surface area contributed by atoms with Crippen LogP contribution in [0.25, 0.3) is 0 Å². The number of halogens is 1. The van der Waals surface area contributed by atoms with E-state index < -0.39 is 11.8 Å². The van der Waals surface area contributed by atoms with Gasteiger partial charge in [-0.3, -0.25) is 4.79 Å². The molecular formula is C16H19ClO5. The van der Waals surface area contributed by atoms with Crippen molar-refractivity contribution < 1.29 is 23.8 Å². The minimum Gasteiger partial charge on any atom is -0.491 e. The van der Waals surface area contributed by atoms with Crippen LogP contribution >= 0.6 is 11.6 Å². The number of hydrogen-bond acceptors (Lipinski definition) is 5. The molecule has 0 spiro atoms. The number of ketones is 1. The fourth-order valence-corrected chi connectivity index (χ4v) is 2.77. The van der Waals surface area contributed by atoms with Gasteiger partial charge in [0.1, 0.15) is 0 Å². The highest BCUT2D eigenvalue weighted by atomic mass is 35.5. The number of Topliss-reactive ketones (excluding diaryl/α,β-unsaturated/α-hetero) is 1. The van der Waals surface area contributed by atoms with E-state index in [9.17, 15) is 9.59 Å². The predicted molar refractivity (Wildman–Crippen MR) is 81.9 cm³/mol. The molecule has 22 heavy (non-hydrogen) atoms. The maximum Gasteiger partial charge on any atom is 0.379 e. The second-order valence-electron chi connectivity index (χ2n) is 5.06. The normalized spacial score (nSPS) is 14.7. The van der Waals surface area contributed by atoms with Crippen molar-refractivity contribution in [3.63, 3.8) is 0 Å². The molecule has 1 fully saturated rings. The van der Waals surface area contributed by atoms with Crippen LogP contribution in [0.4, 0.5) is 0 Å². The summed E-state index contributed by atoms with van der Waals surface area (Å²) in [5, 5.41) is 0.227. The molecule has 1 aliphatic carbocycles. The zero-order chi connectivity index (χ0) is 16.1. The number of ether oxygens (including phenoxy) is 3. The Morgan fingerprint density at radius 2 is 1.95 bits per heavy atom. The maximum absolute atomic E-state index is 12.0. The first-order valence-corrected chi connectivity index (χ1v) is 7.70. The van der Waals surface area contributed by atoms with Crippen molar-refractivity contribution in [1.82, 2.24) is 0 Å². The van der Waals surface area contributed by atoms with E-state index in [4.69, 9.17) is 25.8 Å². The number of rotatable bonds is 6. The van der Waals surface area contributed by atoms with Gasteiger partial charge in [0.2, 0.25) is 0 Å². The van der Waals surface area contributed by atoms with Gasteiger partial charge in [-0.25, -0.2) is 4.79 Å². The van der Waals surface area contributed by atoms with Gasteiger partial charge in [0.15, 0.2) is 11.5 Å². The van der Waals surface area contributed by atoms with Crippen LogP contribution in [0.2, 0.25) is 5.02 Å². The van der Waals surface area contributed by atoms with Gasteiger partial charge >= 0.3 is 5.97 Å². The minimum absolute atomic E-state index is 0.0814. The molecule has 120 valence electrons. The summed E-state index contributed by atoms with van der Waals surface area (Å²) in [5.74, 6) is -0.901. The molecule has 1 aromatic carbocycles. The molecule has 2 rings (SSSR count). The molecule has 0 heterocycles. The van der Waals surface area contributed by atoms with Crippen LogP contribution in [0.1, 0.15) is 43.0 Å². The molecule has 1 aliphatic rings. The molecular weight excluding hydrogens is 308 g/mol. The van der Waals surface area contributed by atoms with Crippen LogP contribution in [0.15, 0.2) is 12.1 Å². The summed E-state index contributed by atoms with van der Waals surface area (Å²) < 4.78 is 15.9. The highest BCUT2D eigenvalue weighted by Crippen LogP contribution is 2.38. The average molecular weight is 327 g/mol. The summed E-state index contributed by atoms with van der Waals surface area (Å²) in [6, 6.07) is 2.88. The first-order chi connectivity index (χ1) is 10.6. The average Bonchev–Trinajstić information content (AvgIpc) is 2.99. The van der Waals surface area contributed by atoms with Gasteiger partial charge in [0, 0.05) is 5.56 Å². The van der Waals surface area contributed by atoms with E-state index >= 15 is 0 Å². The van der Waals surface area contributed by atoms with E-state index in [-0.39, 0.29) is 23.3 Å². The van der Waals surface area contributed by atoms with Crippen LogP contribution in [-0.2, 0) is 9.53 Å². The second kappa shape index (κ2) is 7.49. The fraction of sp³-hybridized carbons (Fsp3) is 0.500. The van der Waals surface area contributed by atoms with E-state index in [1.165, 1.54) is 19.2 Å². The first-order valence-electron chi connectivity index (χ1n) is 7.32. The fourth-order valence-electron chi connectivity index (χ4n) is 2.49. The summed E-state index contributed by atoms with van der Waals surface area (Å²) in [4.78, 5) is 23.6. The van der Waals surface area contributed by atoms with Crippen LogP contribution in [0, 0.1) is 0 Å². The molecule has 1 aromatic rings. The van der Waals surface area contributed by atoms with Crippen LogP contribution in [0.3, 0.4) is 0 Å². The van der Waals surface area contributed by atoms with E-state index in [2.05, 4.69) is 0 Å². The highest BCUT2D eigenvalue weighted by molar-refractivity contribution is 6.41. The van der Waals surface area contributed by atoms with Gasteiger partial charge in [0.05, 0.1) is 24.8 Å². The van der Waals surface area contributed by atoms with Crippen LogP contribution in [0.5, 0.6) is 11.5 Å². The van der Waals surface area contributed by atoms with Gasteiger partial charge < -0.3 is 14.2 Å². The lowest BCUT2D eigenvalue weighted by Crippen LogP contribution is -2.18. The Balaban J connectivity index is 2.30. The molecule has 0 bridgehead atoms. The molecule has 6 heteroatoms. The molecule has 1 saturated carbocycles. The lowest BCUT2D eigenvalue weighted by molar-refractivity contribution is -0.137. The van der Waals surface area contributed by atoms with Crippen molar-refractivity contribution >= 4 is 23.4 Å². The van der Waals surface area contributed by atoms with E-state index in [1.807, 2.05) is 0 Å². The monoisotopic (exact) mass is 326 g/mol. The summed E-state index contributed by atoms with van der Waals surface area (Å²) in [6.07, 6.45) is 4.22. The third kappa shape index (κ3) is 3.71. The Morgan fingerprint density at radius 3 is 2.55 bits per heavy atom. The SMILES string of the molecule is CCOC(=O)C(=O)c1cc(Cl)c(OC)c(OC2CCCC2)c1. The number of methoxy groups -OCH3 is 1. The Morgan fingerprint density at radius 1 is 1.27 bits per heavy atom. The van der Waals surface area contributed by atoms with Gasteiger partial charge in [0.25, 0.3) is 5.78 Å². The Bertz CT molecular complexity index is 564. The first kappa shape index (κ1) is 16.6. The zero-order valence-corrected chi connectivity index (χ0v) is 13.4. The second-order valence-corrected chi connectivity index (χ2v) is 5.47. The molecule has 5 nitrogen and oxygen atoms in total. The van der Waals surface area contributed by atoms with E-state index in [1.54, 1.807) is 6.92 Å². The van der Waals surface area contributed by atoms with Crippen molar-refractivity contribution in [3.8, 4) is 11.5 Å². The number of hydrogen-bond donors (Lipinski definition) is 0. The number of carbonyl (C=O) groups excluding carboxylic acids is 2. The molecule has 0 N–H and O–H groups in total. The zero-order valence-electron chi connectivity index (χ0n) is 12.7. The van der Waals surface area contributed by atoms with Gasteiger partial charge in [-0.15, -0.1) is 0 Å². The predicted octanol–water partition coefficient (Wildman–Crippen LogP) is 3.42. The van der Waals surface area contributed by atoms with Gasteiger partial charge in [-0.1, -0.05) is 11.6 Å². The van der Waals surface area contributed by atoms with Gasteiger partial charge in [-0.05, 0) is 44.7 Å². The Hall–Kier alpha value is -1.75. The standard InChI is InChI=1S/C16H19ClO5/c1-3-21-16(19)14(18)10-8-12(17)15(20-2)13(9-10)22-11-6-4-5-7-11/h8-9,11H,3-7H2,1-2H3. The van der Waals surface area contributed by atoms with Crippen LogP contribution < -0.4 is 9.47 Å². The Labute approximate surface area is 134 Å². The lowest BCUT2D eigenvalue weighted by atomic mass is 10.1. The summed E-state index contributed by atoms with van der Waals surface area (Å²) in [5.41, 5.74) is 0.136. The van der Waals surface area contributed by atoms with Crippen molar-refractivity contribution in [3.05, 3.63) is 22.7 Å². The third-order valence-corrected chi connectivity index (χ3v) is 3.81. The highest BCUT2D eigenvalue weighted by Gasteiger charge is 2.24. The Kier molecular flexibility index (Phi) is 5.66. The molecule has 0 radical (unpaired) electrons. The van der Waals surface area contributed by atoms with Gasteiger partial charge in [-0.2, -0.15) is 0 Å². The molecule has 0 atom stereocenters. The third-order valence-electron chi connectivity index (χ3n) is 3.53. The van der Waals surface area contributed by atoms with Crippen molar-refractivity contribution in [1.29, 1.82) is 0 Å². The van der Waals surface area contributed by atoms with Crippen molar-refractivity contribution in [2.24, 2.45) is 0 Å². The van der Waals surface area contributed by atoms with E-state index in [0.29, 0.717) is 11.5 Å². The number of esters is 1. The van der Waals surface area contributed by atoms with E-state index in [0.717, 1.165) is 25.7 Å². The summed E-state index contributed by atoms with van der Waals surface area (Å²) in [7, 11) is 1.48. The maximum atomic E-state index is 12.0. The molecule has 0 aliphatic heterocycles. The quantitative estimate of drug-likeness (QED) is 0.455. The molecule has 0 saturated heterocycles. The van der Waals surface area contributed by atoms with Crippen LogP contribution in [-0.4, -0.2) is 31.6 Å². The summed E-state index contributed by atoms with van der Waals surface area (Å²) in [6.45, 7) is 1.78. The molecule has 0 amide bonds. The topological polar surface area (TPSA) is 61.8 Å². The summed E-state index contributed by atoms with van der Waals surface area (Å²) >= 11 is 6.14. The molecule has 0 unspecified atom stereocenters. The minimum atomic E-state index is -0.907. The smallest absolute Gasteiger partial charge is 0.379 e. The lowest BCUT2D eigenvalue weighted by Gasteiger charge is -2.17. The number of benzene rings is 1. The van der Waals surface area contributed by atoms with Crippen molar-refractivity contribution in [2.75, 3.05) is 13.7 Å². The molecule has 0 aromatic heterocycles. The largest absolute Gasteiger partial charge is 0.491 e.